The molecule has 1 aromatic heterocycles. The largest absolute Gasteiger partial charge is 0.378 e. The topological polar surface area (TPSA) is 71.0 Å². The van der Waals surface area contributed by atoms with Crippen LogP contribution in [0.25, 0.3) is 0 Å². The predicted molar refractivity (Wildman–Crippen MR) is 117 cm³/mol. The van der Waals surface area contributed by atoms with Crippen molar-refractivity contribution in [3.05, 3.63) is 23.9 Å². The van der Waals surface area contributed by atoms with Gasteiger partial charge in [0.15, 0.2) is 5.96 Å². The summed E-state index contributed by atoms with van der Waals surface area (Å²) >= 11 is 0. The Bertz CT molecular complexity index is 638. The van der Waals surface area contributed by atoms with E-state index in [2.05, 4.69) is 33.5 Å². The fourth-order valence-corrected chi connectivity index (χ4v) is 4.06. The number of halogens is 1. The highest BCUT2D eigenvalue weighted by Crippen LogP contribution is 2.34. The maximum absolute atomic E-state index is 5.95. The third kappa shape index (κ3) is 5.03. The molecule has 8 heteroatoms. The van der Waals surface area contributed by atoms with E-state index in [4.69, 9.17) is 14.5 Å². The molecule has 3 aliphatic rings. The van der Waals surface area contributed by atoms with E-state index in [9.17, 15) is 0 Å². The highest BCUT2D eigenvalue weighted by Gasteiger charge is 2.41. The monoisotopic (exact) mass is 487 g/mol. The zero-order chi connectivity index (χ0) is 17.8. The van der Waals surface area contributed by atoms with Crippen LogP contribution in [0.2, 0.25) is 0 Å². The van der Waals surface area contributed by atoms with Crippen molar-refractivity contribution in [1.29, 1.82) is 0 Å². The second-order valence-electron chi connectivity index (χ2n) is 7.14. The van der Waals surface area contributed by atoms with Crippen molar-refractivity contribution >= 4 is 35.8 Å². The quantitative estimate of drug-likeness (QED) is 0.376. The Morgan fingerprint density at radius 2 is 2.19 bits per heavy atom. The molecule has 4 heterocycles. The van der Waals surface area contributed by atoms with Gasteiger partial charge in [-0.15, -0.1) is 24.0 Å². The van der Waals surface area contributed by atoms with Crippen LogP contribution in [0.3, 0.4) is 0 Å². The lowest BCUT2D eigenvalue weighted by Crippen LogP contribution is -2.47. The molecular formula is C19H30IN5O2. The molecule has 0 saturated carbocycles. The summed E-state index contributed by atoms with van der Waals surface area (Å²) in [4.78, 5) is 11.7. The number of hydrogen-bond acceptors (Lipinski definition) is 5. The highest BCUT2D eigenvalue weighted by atomic mass is 127. The van der Waals surface area contributed by atoms with Crippen LogP contribution in [0.4, 0.5) is 5.82 Å². The van der Waals surface area contributed by atoms with E-state index in [0.717, 1.165) is 63.0 Å². The second-order valence-corrected chi connectivity index (χ2v) is 7.14. The summed E-state index contributed by atoms with van der Waals surface area (Å²) in [5, 5.41) is 6.94. The van der Waals surface area contributed by atoms with Gasteiger partial charge in [0.1, 0.15) is 5.82 Å². The predicted octanol–water partition coefficient (Wildman–Crippen LogP) is 1.91. The molecule has 0 amide bonds. The summed E-state index contributed by atoms with van der Waals surface area (Å²) in [7, 11) is 0. The van der Waals surface area contributed by atoms with Crippen molar-refractivity contribution in [2.24, 2.45) is 4.99 Å². The normalized spacial score (nSPS) is 27.4. The lowest BCUT2D eigenvalue weighted by molar-refractivity contribution is 0.0992. The van der Waals surface area contributed by atoms with Gasteiger partial charge in [0.2, 0.25) is 0 Å². The number of pyridine rings is 1. The Kier molecular flexibility index (Phi) is 7.54. The van der Waals surface area contributed by atoms with Crippen molar-refractivity contribution in [2.75, 3.05) is 37.7 Å². The van der Waals surface area contributed by atoms with Crippen molar-refractivity contribution < 1.29 is 9.47 Å². The minimum Gasteiger partial charge on any atom is -0.378 e. The van der Waals surface area contributed by atoms with E-state index in [1.54, 1.807) is 0 Å². The van der Waals surface area contributed by atoms with Crippen LogP contribution < -0.4 is 15.5 Å². The standard InChI is InChI=1S/C19H29N5O2.HI/c1-2-20-19(23-16-12-15-5-6-17(16)26-15)22-13-14-4-3-7-21-18(14)24-8-10-25-11-9-24;/h3-4,7,15-17H,2,5-6,8-13H2,1H3,(H2,20,22,23);1H. The Morgan fingerprint density at radius 1 is 1.33 bits per heavy atom. The number of guanidine groups is 1. The third-order valence-electron chi connectivity index (χ3n) is 5.36. The zero-order valence-electron chi connectivity index (χ0n) is 15.9. The summed E-state index contributed by atoms with van der Waals surface area (Å²) in [5.74, 6) is 1.89. The lowest BCUT2D eigenvalue weighted by atomic mass is 9.96. The van der Waals surface area contributed by atoms with E-state index in [-0.39, 0.29) is 24.0 Å². The number of anilines is 1. The summed E-state index contributed by atoms with van der Waals surface area (Å²) in [6.45, 7) is 6.83. The van der Waals surface area contributed by atoms with Gasteiger partial charge in [0, 0.05) is 31.4 Å². The molecular weight excluding hydrogens is 457 g/mol. The van der Waals surface area contributed by atoms with Crippen LogP contribution >= 0.6 is 24.0 Å². The molecule has 0 radical (unpaired) electrons. The molecule has 2 bridgehead atoms. The number of nitrogens with zero attached hydrogens (tertiary/aromatic N) is 3. The molecule has 0 aliphatic carbocycles. The van der Waals surface area contributed by atoms with Gasteiger partial charge >= 0.3 is 0 Å². The SMILES string of the molecule is CCNC(=NCc1cccnc1N1CCOCC1)NC1CC2CCC1O2.I. The smallest absolute Gasteiger partial charge is 0.191 e. The van der Waals surface area contributed by atoms with Crippen molar-refractivity contribution in [2.45, 2.75) is 51.0 Å². The number of nitrogens with one attached hydrogen (secondary N) is 2. The van der Waals surface area contributed by atoms with E-state index < -0.39 is 0 Å². The molecule has 3 unspecified atom stereocenters. The molecule has 27 heavy (non-hydrogen) atoms. The maximum atomic E-state index is 5.95. The van der Waals surface area contributed by atoms with Crippen molar-refractivity contribution in [3.63, 3.8) is 0 Å². The average Bonchev–Trinajstić information content (AvgIpc) is 3.30. The Balaban J connectivity index is 0.00000210. The number of hydrogen-bond donors (Lipinski definition) is 2. The fourth-order valence-electron chi connectivity index (χ4n) is 4.06. The van der Waals surface area contributed by atoms with Gasteiger partial charge in [0.25, 0.3) is 0 Å². The van der Waals surface area contributed by atoms with Gasteiger partial charge in [-0.05, 0) is 32.3 Å². The van der Waals surface area contributed by atoms with E-state index in [1.165, 1.54) is 6.42 Å². The van der Waals surface area contributed by atoms with Crippen molar-refractivity contribution in [3.8, 4) is 0 Å². The number of morpholine rings is 1. The molecule has 3 aliphatic heterocycles. The van der Waals surface area contributed by atoms with Gasteiger partial charge < -0.3 is 25.0 Å². The van der Waals surface area contributed by atoms with Crippen LogP contribution in [0.5, 0.6) is 0 Å². The molecule has 7 nitrogen and oxygen atoms in total. The van der Waals surface area contributed by atoms with Crippen LogP contribution in [0.1, 0.15) is 31.7 Å². The van der Waals surface area contributed by atoms with E-state index >= 15 is 0 Å². The van der Waals surface area contributed by atoms with Crippen LogP contribution in [-0.2, 0) is 16.0 Å². The van der Waals surface area contributed by atoms with Crippen LogP contribution in [0.15, 0.2) is 23.3 Å². The summed E-state index contributed by atoms with van der Waals surface area (Å²) in [5.41, 5.74) is 1.15. The minimum absolute atomic E-state index is 0. The molecule has 150 valence electrons. The fraction of sp³-hybridized carbons (Fsp3) is 0.684. The zero-order valence-corrected chi connectivity index (χ0v) is 18.2. The second kappa shape index (κ2) is 9.88. The molecule has 3 atom stereocenters. The lowest BCUT2D eigenvalue weighted by Gasteiger charge is -2.29. The number of aromatic nitrogens is 1. The van der Waals surface area contributed by atoms with E-state index in [0.29, 0.717) is 24.8 Å². The first-order valence-corrected chi connectivity index (χ1v) is 9.80. The van der Waals surface area contributed by atoms with Gasteiger partial charge in [-0.3, -0.25) is 0 Å². The first-order valence-electron chi connectivity index (χ1n) is 9.80. The highest BCUT2D eigenvalue weighted by molar-refractivity contribution is 14.0. The molecule has 2 N–H and O–H groups in total. The number of ether oxygens (including phenoxy) is 2. The number of rotatable bonds is 5. The van der Waals surface area contributed by atoms with Crippen LogP contribution in [-0.4, -0.2) is 62.0 Å². The van der Waals surface area contributed by atoms with Gasteiger partial charge in [-0.2, -0.15) is 0 Å². The minimum atomic E-state index is 0. The Labute approximate surface area is 178 Å². The molecule has 0 spiro atoms. The third-order valence-corrected chi connectivity index (χ3v) is 5.36. The molecule has 0 aromatic carbocycles. The average molecular weight is 487 g/mol. The van der Waals surface area contributed by atoms with Gasteiger partial charge in [-0.25, -0.2) is 9.98 Å². The summed E-state index contributed by atoms with van der Waals surface area (Å²) in [6, 6.07) is 4.48. The first-order chi connectivity index (χ1) is 12.8. The number of fused-ring (bicyclic) bond motifs is 2. The first kappa shape index (κ1) is 20.6. The molecule has 4 rings (SSSR count). The maximum Gasteiger partial charge on any atom is 0.191 e. The summed E-state index contributed by atoms with van der Waals surface area (Å²) < 4.78 is 11.4. The van der Waals surface area contributed by atoms with Crippen LogP contribution in [0, 0.1) is 0 Å². The van der Waals surface area contributed by atoms with Gasteiger partial charge in [-0.1, -0.05) is 6.07 Å². The molecule has 3 fully saturated rings. The molecule has 3 saturated heterocycles. The number of aliphatic imine (C=N–C) groups is 1. The van der Waals surface area contributed by atoms with E-state index in [1.807, 2.05) is 12.3 Å². The van der Waals surface area contributed by atoms with Crippen molar-refractivity contribution in [1.82, 2.24) is 15.6 Å². The Hall–Kier alpha value is -1.13. The molecule has 1 aromatic rings. The Morgan fingerprint density at radius 3 is 2.89 bits per heavy atom. The van der Waals surface area contributed by atoms with Gasteiger partial charge in [0.05, 0.1) is 38.0 Å². The summed E-state index contributed by atoms with van der Waals surface area (Å²) in [6.07, 6.45) is 6.08.